The molecule has 5 rings (SSSR count). The zero-order valence-electron chi connectivity index (χ0n) is 50.0. The van der Waals surface area contributed by atoms with Gasteiger partial charge in [0, 0.05) is 81.8 Å². The Morgan fingerprint density at radius 2 is 0.793 bits per heavy atom. The highest BCUT2D eigenvalue weighted by Gasteiger charge is 2.27. The van der Waals surface area contributed by atoms with Gasteiger partial charge in [-0.25, -0.2) is 60.5 Å². The summed E-state index contributed by atoms with van der Waals surface area (Å²) in [6.45, 7) is 8.99. The lowest BCUT2D eigenvalue weighted by Crippen LogP contribution is -2.42. The van der Waals surface area contributed by atoms with Crippen molar-refractivity contribution in [3.8, 4) is 0 Å². The molecule has 0 saturated carbocycles. The highest BCUT2D eigenvalue weighted by molar-refractivity contribution is 9.09. The normalized spacial score (nSPS) is 12.5. The molecular formula is C57H88BrFN6O15S7. The number of rotatable bonds is 31. The molecule has 1 atom stereocenters. The van der Waals surface area contributed by atoms with Crippen molar-refractivity contribution in [2.45, 2.75) is 106 Å². The molecule has 0 aliphatic heterocycles. The van der Waals surface area contributed by atoms with E-state index in [2.05, 4.69) is 42.3 Å². The maximum absolute atomic E-state index is 13.3. The monoisotopic (exact) mass is 1420 g/mol. The van der Waals surface area contributed by atoms with Gasteiger partial charge in [-0.2, -0.15) is 8.61 Å². The molecule has 0 spiro atoms. The lowest BCUT2D eigenvalue weighted by atomic mass is 10.2. The van der Waals surface area contributed by atoms with Crippen molar-refractivity contribution in [3.05, 3.63) is 149 Å². The summed E-state index contributed by atoms with van der Waals surface area (Å²) >= 11 is 7.22. The molecule has 5 aromatic rings. The fourth-order valence-corrected chi connectivity index (χ4v) is 13.3. The van der Waals surface area contributed by atoms with Gasteiger partial charge < -0.3 is 20.1 Å². The van der Waals surface area contributed by atoms with E-state index in [0.717, 1.165) is 49.2 Å². The number of thiocarbonyl (C=S) groups is 1. The minimum Gasteiger partial charge on any atom is -0.396 e. The van der Waals surface area contributed by atoms with Gasteiger partial charge in [-0.3, -0.25) is 9.18 Å². The summed E-state index contributed by atoms with van der Waals surface area (Å²) in [6, 6.07) is 31.8. The smallest absolute Gasteiger partial charge is 0.243 e. The van der Waals surface area contributed by atoms with E-state index in [9.17, 15) is 55.5 Å². The Labute approximate surface area is 535 Å². The summed E-state index contributed by atoms with van der Waals surface area (Å²) < 4.78 is 180. The predicted octanol–water partition coefficient (Wildman–Crippen LogP) is 7.36. The Bertz CT molecular complexity index is 3470. The molecule has 0 heterocycles. The number of benzene rings is 5. The van der Waals surface area contributed by atoms with Gasteiger partial charge in [0.15, 0.2) is 9.80 Å². The molecule has 0 bridgehead atoms. The van der Waals surface area contributed by atoms with E-state index in [4.69, 9.17) is 17.5 Å². The second-order valence-corrected chi connectivity index (χ2v) is 30.4. The van der Waals surface area contributed by atoms with E-state index in [0.29, 0.717) is 6.61 Å². The van der Waals surface area contributed by atoms with Crippen molar-refractivity contribution >= 4 is 98.0 Å². The van der Waals surface area contributed by atoms with Crippen LogP contribution < -0.4 is 19.5 Å². The molecule has 30 heteroatoms. The van der Waals surface area contributed by atoms with Crippen LogP contribution in [0, 0.1) is 34.6 Å². The number of halogens is 2. The van der Waals surface area contributed by atoms with Crippen LogP contribution in [0.2, 0.25) is 1.41 Å². The maximum Gasteiger partial charge on any atom is 0.243 e. The van der Waals surface area contributed by atoms with Crippen molar-refractivity contribution < 1.29 is 73.0 Å². The molecule has 0 radical (unpaired) electrons. The Balaban J connectivity index is 0. The maximum atomic E-state index is 13.3. The Kier molecular flexibility index (Phi) is 40.3. The quantitative estimate of drug-likeness (QED) is 0.00986. The first-order valence-electron chi connectivity index (χ1n) is 27.3. The Morgan fingerprint density at radius 3 is 1.08 bits per heavy atom. The Morgan fingerprint density at radius 1 is 0.506 bits per heavy atom. The summed E-state index contributed by atoms with van der Waals surface area (Å²) in [5.74, 6) is 0. The highest BCUT2D eigenvalue weighted by Crippen LogP contribution is 2.19. The number of sulfonamides is 5. The number of hydrogen-bond acceptors (Lipinski definition) is 16. The van der Waals surface area contributed by atoms with Crippen LogP contribution in [0.4, 0.5) is 4.39 Å². The lowest BCUT2D eigenvalue weighted by Gasteiger charge is -2.23. The molecule has 7 N–H and O–H groups in total. The van der Waals surface area contributed by atoms with Crippen molar-refractivity contribution in [1.29, 1.82) is 0 Å². The number of unbranched alkanes of at least 4 members (excludes halogenated alkanes) is 3. The molecule has 0 saturated heterocycles. The Hall–Kier alpha value is -4.28. The van der Waals surface area contributed by atoms with Crippen LogP contribution in [-0.4, -0.2) is 164 Å². The van der Waals surface area contributed by atoms with E-state index < -0.39 is 67.1 Å². The van der Waals surface area contributed by atoms with Crippen molar-refractivity contribution in [2.24, 2.45) is 0 Å². The first kappa shape index (κ1) is 80.7. The van der Waals surface area contributed by atoms with E-state index in [1.54, 1.807) is 60.7 Å². The van der Waals surface area contributed by atoms with E-state index in [1.807, 2.05) is 34.6 Å². The molecule has 0 aromatic heterocycles. The SMILES string of the molecule is C.C.Cc1ccc(S(=O)(=O)NCCN(CCNS(=O)(=O)c2ccc(C)cc2)S(=O)(=O)c2ccc(C)cc2)cc1.O=CS(=O)(O)=C=S.OCCCCCCBr.[2H]CF.[3H]N(CCNS(=O)(=O)c1ccc(C)cc1)CCN(CCCO)S(=O)(=O)c1ccc(C)cc1. The summed E-state index contributed by atoms with van der Waals surface area (Å²) in [6.07, 6.45) is 4.89. The lowest BCUT2D eigenvalue weighted by molar-refractivity contribution is 0.269. The average Bonchev–Trinajstić information content (AvgIpc) is 1.09. The van der Waals surface area contributed by atoms with Gasteiger partial charge in [0.1, 0.15) is 1.41 Å². The van der Waals surface area contributed by atoms with E-state index in [1.165, 1.54) is 88.5 Å². The molecule has 0 aliphatic rings. The summed E-state index contributed by atoms with van der Waals surface area (Å²) in [4.78, 5) is 9.87. The fourth-order valence-electron chi connectivity index (χ4n) is 6.81. The van der Waals surface area contributed by atoms with Crippen molar-refractivity contribution in [3.63, 3.8) is 0 Å². The molecule has 87 heavy (non-hydrogen) atoms. The number of alkyl halides is 2. The minimum absolute atomic E-state index is 0. The summed E-state index contributed by atoms with van der Waals surface area (Å²) in [5, 5.41) is 19.7. The molecular weight excluding hydrogens is 1330 g/mol. The van der Waals surface area contributed by atoms with Crippen LogP contribution >= 0.6 is 28.1 Å². The molecule has 0 aliphatic carbocycles. The molecule has 0 amide bonds. The highest BCUT2D eigenvalue weighted by atomic mass is 79.9. The van der Waals surface area contributed by atoms with Gasteiger partial charge >= 0.3 is 0 Å². The zero-order chi connectivity index (χ0) is 65.9. The van der Waals surface area contributed by atoms with Crippen LogP contribution in [0.25, 0.3) is 0 Å². The number of hydrogen-bond donors (Lipinski definition) is 7. The van der Waals surface area contributed by atoms with Gasteiger partial charge in [0.25, 0.3) is 0 Å². The van der Waals surface area contributed by atoms with Crippen LogP contribution in [0.5, 0.6) is 0 Å². The first-order chi connectivity index (χ1) is 40.8. The second kappa shape index (κ2) is 43.4. The van der Waals surface area contributed by atoms with Crippen LogP contribution in [0.3, 0.4) is 0 Å². The number of carbonyl (C=O) groups is 1. The molecule has 1 unspecified atom stereocenters. The second-order valence-electron chi connectivity index (χ2n) is 18.4. The number of nitrogens with one attached hydrogen (secondary N) is 4. The number of aliphatic hydroxyl groups is 2. The number of aliphatic hydroxyl groups excluding tert-OH is 2. The van der Waals surface area contributed by atoms with E-state index in [-0.39, 0.29) is 117 Å². The zero-order valence-corrected chi connectivity index (χ0v) is 55.3. The average molecular weight is 1420 g/mol. The molecule has 492 valence electrons. The standard InChI is InChI=1S/C25H31N3O6S3.C21H31N3O5S2.C6H13BrO.C2H2O3S2.CH3F.2CH4/c1-20-4-10-23(11-5-20)35(29,30)26-16-18-28(37(33,34)25-14-8-22(3)9-15-25)19-17-27-36(31,32)24-12-6-21(2)7-13-24;1-18-4-8-20(9-5-18)30(26,27)23-13-12-22-14-16-24(15-3-17-25)31(28,29)21-10-6-19(2)7-11-21;7-5-3-1-2-4-6-8;3-1-7(4,5)2-6;1-2;;/h4-15,26-27H,16-19H2,1-3H3;4-11,22-23,25H,3,12-17H2,1-2H3;8H,1-6H2;1H,(H,4,5);1H3;2*1H4/i;;;;1D;;/hT. The third kappa shape index (κ3) is 32.3. The topological polar surface area (TPSA) is 320 Å². The van der Waals surface area contributed by atoms with E-state index >= 15 is 0 Å². The number of aryl methyl sites for hydroxylation is 5. The van der Waals surface area contributed by atoms with Gasteiger partial charge in [-0.15, -0.1) is 0 Å². The fraction of sp³-hybridized carbons (Fsp3) is 0.439. The molecule has 5 aromatic carbocycles. The molecule has 21 nitrogen and oxygen atoms in total. The van der Waals surface area contributed by atoms with Gasteiger partial charge in [0.2, 0.25) is 55.7 Å². The van der Waals surface area contributed by atoms with Crippen molar-refractivity contribution in [2.75, 3.05) is 84.6 Å². The minimum atomic E-state index is -4.03. The van der Waals surface area contributed by atoms with Crippen LogP contribution in [-0.2, 0) is 64.7 Å². The third-order valence-electron chi connectivity index (χ3n) is 11.5. The van der Waals surface area contributed by atoms with Gasteiger partial charge in [-0.1, -0.05) is 132 Å². The van der Waals surface area contributed by atoms with Crippen LogP contribution in [0.15, 0.2) is 146 Å². The first-order valence-corrected chi connectivity index (χ1v) is 36.6. The van der Waals surface area contributed by atoms with Gasteiger partial charge in [0.05, 0.1) is 33.0 Å². The summed E-state index contributed by atoms with van der Waals surface area (Å²) in [5.41, 5.74) is 4.44. The third-order valence-corrected chi connectivity index (χ3v) is 21.6. The van der Waals surface area contributed by atoms with Gasteiger partial charge in [-0.05, 0) is 127 Å². The predicted molar refractivity (Wildman–Crippen MR) is 354 cm³/mol. The number of carbonyl (C=O) groups excluding carboxylic acids is 1. The number of nitrogens with zero attached hydrogens (tertiary/aromatic N) is 2. The summed E-state index contributed by atoms with van der Waals surface area (Å²) in [7, 11) is -23.7. The van der Waals surface area contributed by atoms with Crippen LogP contribution in [0.1, 0.15) is 76.1 Å². The van der Waals surface area contributed by atoms with Crippen molar-refractivity contribution in [1.82, 2.24) is 28.1 Å². The molecule has 0 fully saturated rings. The largest absolute Gasteiger partial charge is 0.396 e.